The number of rotatable bonds is 15. The number of phosphoric acid groups is 1. The zero-order valence-electron chi connectivity index (χ0n) is 18.1. The average Bonchev–Trinajstić information content (AvgIpc) is 2.77. The molecule has 1 aromatic carbocycles. The number of hydrogen-bond donors (Lipinski definition) is 4. The summed E-state index contributed by atoms with van der Waals surface area (Å²) in [5, 5.41) is 6.64. The molecule has 2 atom stereocenters. The first kappa shape index (κ1) is 27.2. The molecule has 0 radical (unpaired) electrons. The summed E-state index contributed by atoms with van der Waals surface area (Å²) in [4.78, 5) is 45.4. The van der Waals surface area contributed by atoms with Crippen molar-refractivity contribution >= 4 is 41.7 Å². The van der Waals surface area contributed by atoms with E-state index >= 15 is 0 Å². The number of nitrogens with zero attached hydrogens (tertiary/aromatic N) is 1. The van der Waals surface area contributed by atoms with Crippen LogP contribution in [0.1, 0.15) is 25.3 Å². The van der Waals surface area contributed by atoms with E-state index in [2.05, 4.69) is 20.1 Å². The third-order valence-corrected chi connectivity index (χ3v) is 7.30. The highest BCUT2D eigenvalue weighted by molar-refractivity contribution is 8.76. The summed E-state index contributed by atoms with van der Waals surface area (Å²) in [6, 6.07) is 11.7. The number of benzene rings is 1. The lowest BCUT2D eigenvalue weighted by molar-refractivity contribution is -0.125. The highest BCUT2D eigenvalue weighted by Gasteiger charge is 2.20. The van der Waals surface area contributed by atoms with Crippen molar-refractivity contribution in [3.8, 4) is 5.75 Å². The quantitative estimate of drug-likeness (QED) is 0.122. The molecule has 1 unspecified atom stereocenters. The van der Waals surface area contributed by atoms with Gasteiger partial charge in [0.05, 0.1) is 0 Å². The van der Waals surface area contributed by atoms with Gasteiger partial charge < -0.3 is 15.2 Å². The molecule has 2 aromatic rings. The molecular weight excluding hydrogens is 485 g/mol. The molecule has 0 fully saturated rings. The van der Waals surface area contributed by atoms with Crippen LogP contribution in [0.25, 0.3) is 0 Å². The minimum absolute atomic E-state index is 0.0521. The molecule has 0 saturated carbocycles. The van der Waals surface area contributed by atoms with E-state index in [-0.39, 0.29) is 23.6 Å². The summed E-state index contributed by atoms with van der Waals surface area (Å²) in [6.07, 6.45) is 4.12. The minimum atomic E-state index is -4.61. The van der Waals surface area contributed by atoms with Crippen molar-refractivity contribution in [3.05, 3.63) is 54.2 Å². The number of carbonyl (C=O) groups excluding carboxylic acids is 2. The summed E-state index contributed by atoms with van der Waals surface area (Å²) in [6.45, 7) is 2.39. The van der Waals surface area contributed by atoms with Crippen LogP contribution in [0, 0.1) is 5.92 Å². The van der Waals surface area contributed by atoms with Gasteiger partial charge in [-0.05, 0) is 59.9 Å². The second-order valence-corrected chi connectivity index (χ2v) is 10.9. The normalized spacial score (nSPS) is 13.1. The predicted octanol–water partition coefficient (Wildman–Crippen LogP) is 3.18. The van der Waals surface area contributed by atoms with Gasteiger partial charge in [0.25, 0.3) is 0 Å². The van der Waals surface area contributed by atoms with Crippen molar-refractivity contribution in [3.63, 3.8) is 0 Å². The van der Waals surface area contributed by atoms with Crippen LogP contribution in [0.2, 0.25) is 0 Å². The molecule has 9 nitrogen and oxygen atoms in total. The molecule has 0 aliphatic heterocycles. The Hall–Kier alpha value is -2.04. The van der Waals surface area contributed by atoms with Crippen molar-refractivity contribution < 1.29 is 28.5 Å². The number of carbonyl (C=O) groups is 2. The SMILES string of the molecule is CC(C[C@H](Cc1ccc(OP(=O)(O)O)cc1)NC=O)C(=O)NCCCSSc1ccccn1. The Balaban J connectivity index is 1.72. The summed E-state index contributed by atoms with van der Waals surface area (Å²) in [5.74, 6) is 0.569. The third kappa shape index (κ3) is 11.6. The lowest BCUT2D eigenvalue weighted by atomic mass is 9.95. The lowest BCUT2D eigenvalue weighted by Gasteiger charge is -2.20. The first-order chi connectivity index (χ1) is 15.8. The maximum absolute atomic E-state index is 12.4. The van der Waals surface area contributed by atoms with E-state index in [1.54, 1.807) is 39.9 Å². The van der Waals surface area contributed by atoms with Gasteiger partial charge >= 0.3 is 7.82 Å². The molecule has 4 N–H and O–H groups in total. The van der Waals surface area contributed by atoms with Gasteiger partial charge in [-0.1, -0.05) is 35.9 Å². The monoisotopic (exact) mass is 513 g/mol. The van der Waals surface area contributed by atoms with Gasteiger partial charge in [-0.2, -0.15) is 0 Å². The maximum Gasteiger partial charge on any atom is 0.524 e. The molecular formula is C21H28N3O6PS2. The van der Waals surface area contributed by atoms with Gasteiger partial charge in [-0.25, -0.2) is 9.55 Å². The molecule has 12 heteroatoms. The molecule has 1 aromatic heterocycles. The molecule has 1 heterocycles. The number of pyridine rings is 1. The number of hydrogen-bond acceptors (Lipinski definition) is 7. The van der Waals surface area contributed by atoms with Gasteiger partial charge in [-0.3, -0.25) is 19.4 Å². The Morgan fingerprint density at radius 3 is 2.64 bits per heavy atom. The number of amides is 2. The van der Waals surface area contributed by atoms with Crippen molar-refractivity contribution in [1.82, 2.24) is 15.6 Å². The van der Waals surface area contributed by atoms with E-state index in [1.165, 1.54) is 12.1 Å². The standard InChI is InChI=1S/C21H28N3O6PS2/c1-16(21(26)23-11-4-12-32-33-20-5-2-3-10-22-20)13-18(24-15-25)14-17-6-8-19(9-7-17)30-31(27,28)29/h2-3,5-10,15-16,18H,4,11-14H2,1H3,(H,23,26)(H,24,25)(H2,27,28,29)/t16?,18-/m1/s1. The third-order valence-electron chi connectivity index (χ3n) is 4.50. The summed E-state index contributed by atoms with van der Waals surface area (Å²) in [7, 11) is -1.31. The van der Waals surface area contributed by atoms with Crippen LogP contribution < -0.4 is 15.2 Å². The fourth-order valence-corrected chi connectivity index (χ4v) is 5.33. The Morgan fingerprint density at radius 2 is 2.00 bits per heavy atom. The molecule has 2 rings (SSSR count). The van der Waals surface area contributed by atoms with Crippen molar-refractivity contribution in [2.45, 2.75) is 37.3 Å². The highest BCUT2D eigenvalue weighted by atomic mass is 33.1. The van der Waals surface area contributed by atoms with E-state index in [0.717, 1.165) is 22.8 Å². The summed E-state index contributed by atoms with van der Waals surface area (Å²) in [5.41, 5.74) is 0.836. The van der Waals surface area contributed by atoms with Crippen molar-refractivity contribution in [2.75, 3.05) is 12.3 Å². The van der Waals surface area contributed by atoms with Crippen molar-refractivity contribution in [1.29, 1.82) is 0 Å². The van der Waals surface area contributed by atoms with Gasteiger partial charge in [-0.15, -0.1) is 0 Å². The lowest BCUT2D eigenvalue weighted by Crippen LogP contribution is -2.37. The Bertz CT molecular complexity index is 914. The number of aromatic nitrogens is 1. The van der Waals surface area contributed by atoms with E-state index in [9.17, 15) is 14.2 Å². The van der Waals surface area contributed by atoms with Gasteiger partial charge in [0.2, 0.25) is 12.3 Å². The average molecular weight is 514 g/mol. The Morgan fingerprint density at radius 1 is 1.24 bits per heavy atom. The van der Waals surface area contributed by atoms with E-state index < -0.39 is 7.82 Å². The first-order valence-electron chi connectivity index (χ1n) is 10.3. The number of nitrogens with one attached hydrogen (secondary N) is 2. The van der Waals surface area contributed by atoms with Crippen LogP contribution in [0.15, 0.2) is 53.7 Å². The topological polar surface area (TPSA) is 138 Å². The molecule has 0 spiro atoms. The molecule has 2 amide bonds. The zero-order chi connectivity index (χ0) is 24.1. The smallest absolute Gasteiger partial charge is 0.404 e. The van der Waals surface area contributed by atoms with Gasteiger partial charge in [0.1, 0.15) is 10.8 Å². The van der Waals surface area contributed by atoms with E-state index in [4.69, 9.17) is 9.79 Å². The molecule has 0 bridgehead atoms. The molecule has 0 saturated heterocycles. The van der Waals surface area contributed by atoms with E-state index in [0.29, 0.717) is 25.8 Å². The van der Waals surface area contributed by atoms with Crippen LogP contribution in [-0.4, -0.2) is 45.4 Å². The van der Waals surface area contributed by atoms with Crippen molar-refractivity contribution in [2.24, 2.45) is 5.92 Å². The molecule has 0 aliphatic rings. The highest BCUT2D eigenvalue weighted by Crippen LogP contribution is 2.37. The fourth-order valence-electron chi connectivity index (χ4n) is 2.96. The zero-order valence-corrected chi connectivity index (χ0v) is 20.7. The summed E-state index contributed by atoms with van der Waals surface area (Å²) >= 11 is 0. The molecule has 33 heavy (non-hydrogen) atoms. The van der Waals surface area contributed by atoms with Crippen LogP contribution in [0.5, 0.6) is 5.75 Å². The summed E-state index contributed by atoms with van der Waals surface area (Å²) < 4.78 is 15.4. The first-order valence-corrected chi connectivity index (χ1v) is 14.1. The van der Waals surface area contributed by atoms with Crippen LogP contribution in [0.4, 0.5) is 0 Å². The van der Waals surface area contributed by atoms with Gasteiger partial charge in [0.15, 0.2) is 0 Å². The van der Waals surface area contributed by atoms with Crippen LogP contribution in [0.3, 0.4) is 0 Å². The van der Waals surface area contributed by atoms with Gasteiger partial charge in [0, 0.05) is 30.5 Å². The second-order valence-electron chi connectivity index (χ2n) is 7.27. The fraction of sp³-hybridized carbons (Fsp3) is 0.381. The van der Waals surface area contributed by atoms with Crippen LogP contribution in [-0.2, 0) is 20.6 Å². The molecule has 0 aliphatic carbocycles. The largest absolute Gasteiger partial charge is 0.524 e. The molecule has 180 valence electrons. The predicted molar refractivity (Wildman–Crippen MR) is 130 cm³/mol. The Kier molecular flexibility index (Phi) is 11.8. The Labute approximate surface area is 201 Å². The van der Waals surface area contributed by atoms with Crippen LogP contribution >= 0.6 is 29.4 Å². The minimum Gasteiger partial charge on any atom is -0.404 e. The number of phosphoric ester groups is 1. The second kappa shape index (κ2) is 14.3. The van der Waals surface area contributed by atoms with E-state index in [1.807, 2.05) is 25.1 Å². The maximum atomic E-state index is 12.4.